The van der Waals surface area contributed by atoms with Gasteiger partial charge in [0.25, 0.3) is 0 Å². The first-order valence-corrected chi connectivity index (χ1v) is 7.39. The summed E-state index contributed by atoms with van der Waals surface area (Å²) < 4.78 is 5.41. The highest BCUT2D eigenvalue weighted by atomic mass is 16.5. The molecule has 4 nitrogen and oxygen atoms in total. The van der Waals surface area contributed by atoms with Crippen LogP contribution < -0.4 is 10.1 Å². The van der Waals surface area contributed by atoms with E-state index in [9.17, 15) is 4.79 Å². The van der Waals surface area contributed by atoms with Gasteiger partial charge in [-0.1, -0.05) is 12.1 Å². The number of amides is 1. The van der Waals surface area contributed by atoms with Gasteiger partial charge in [-0.25, -0.2) is 0 Å². The fourth-order valence-electron chi connectivity index (χ4n) is 2.52. The Morgan fingerprint density at radius 3 is 2.75 bits per heavy atom. The van der Waals surface area contributed by atoms with Crippen molar-refractivity contribution in [2.24, 2.45) is 0 Å². The molecule has 1 N–H and O–H groups in total. The zero-order valence-electron chi connectivity index (χ0n) is 12.4. The summed E-state index contributed by atoms with van der Waals surface area (Å²) in [6, 6.07) is 8.37. The topological polar surface area (TPSA) is 41.6 Å². The van der Waals surface area contributed by atoms with E-state index in [-0.39, 0.29) is 5.91 Å². The molecule has 1 fully saturated rings. The highest BCUT2D eigenvalue weighted by Crippen LogP contribution is 2.14. The minimum absolute atomic E-state index is 0.229. The number of nitrogens with zero attached hydrogens (tertiary/aromatic N) is 1. The maximum Gasteiger partial charge on any atom is 0.222 e. The van der Waals surface area contributed by atoms with Gasteiger partial charge in [0.1, 0.15) is 5.75 Å². The van der Waals surface area contributed by atoms with Crippen molar-refractivity contribution < 1.29 is 9.53 Å². The monoisotopic (exact) mass is 276 g/mol. The smallest absolute Gasteiger partial charge is 0.222 e. The third kappa shape index (κ3) is 3.97. The van der Waals surface area contributed by atoms with Gasteiger partial charge in [-0.15, -0.1) is 0 Å². The summed E-state index contributed by atoms with van der Waals surface area (Å²) in [7, 11) is 1.91. The molecule has 1 heterocycles. The van der Waals surface area contributed by atoms with Crippen LogP contribution in [0.5, 0.6) is 5.75 Å². The van der Waals surface area contributed by atoms with E-state index in [0.717, 1.165) is 31.7 Å². The summed E-state index contributed by atoms with van der Waals surface area (Å²) in [5.41, 5.74) is 1.18. The number of ether oxygens (including phenoxy) is 1. The lowest BCUT2D eigenvalue weighted by atomic mass is 10.1. The number of rotatable bonds is 6. The van der Waals surface area contributed by atoms with Crippen molar-refractivity contribution in [3.8, 4) is 5.75 Å². The van der Waals surface area contributed by atoms with E-state index >= 15 is 0 Å². The zero-order chi connectivity index (χ0) is 14.4. The maximum atomic E-state index is 12.1. The van der Waals surface area contributed by atoms with E-state index in [1.165, 1.54) is 5.56 Å². The van der Waals surface area contributed by atoms with Gasteiger partial charge in [0.2, 0.25) is 5.91 Å². The molecule has 0 bridgehead atoms. The number of benzene rings is 1. The molecule has 1 aliphatic heterocycles. The Kier molecular flexibility index (Phi) is 5.41. The van der Waals surface area contributed by atoms with Crippen LogP contribution in [0.25, 0.3) is 0 Å². The molecule has 1 aliphatic rings. The fraction of sp³-hybridized carbons (Fsp3) is 0.562. The van der Waals surface area contributed by atoms with E-state index in [1.54, 1.807) is 0 Å². The quantitative estimate of drug-likeness (QED) is 0.862. The van der Waals surface area contributed by atoms with E-state index in [4.69, 9.17) is 4.74 Å². The molecule has 1 amide bonds. The van der Waals surface area contributed by atoms with Crippen molar-refractivity contribution in [1.82, 2.24) is 10.2 Å². The summed E-state index contributed by atoms with van der Waals surface area (Å²) in [6.45, 7) is 4.59. The van der Waals surface area contributed by atoms with Crippen LogP contribution in [0, 0.1) is 0 Å². The minimum atomic E-state index is 0.229. The van der Waals surface area contributed by atoms with Gasteiger partial charge in [-0.05, 0) is 44.0 Å². The Bertz CT molecular complexity index is 425. The molecule has 0 saturated carbocycles. The van der Waals surface area contributed by atoms with Crippen LogP contribution in [0.3, 0.4) is 0 Å². The van der Waals surface area contributed by atoms with Crippen LogP contribution >= 0.6 is 0 Å². The van der Waals surface area contributed by atoms with Gasteiger partial charge < -0.3 is 15.0 Å². The molecule has 0 spiro atoms. The van der Waals surface area contributed by atoms with Crippen molar-refractivity contribution in [2.75, 3.05) is 26.7 Å². The Hall–Kier alpha value is -1.55. The van der Waals surface area contributed by atoms with Crippen molar-refractivity contribution in [1.29, 1.82) is 0 Å². The molecule has 1 unspecified atom stereocenters. The minimum Gasteiger partial charge on any atom is -0.494 e. The lowest BCUT2D eigenvalue weighted by Crippen LogP contribution is -2.38. The largest absolute Gasteiger partial charge is 0.494 e. The highest BCUT2D eigenvalue weighted by molar-refractivity contribution is 5.76. The second-order valence-corrected chi connectivity index (χ2v) is 5.23. The third-order valence-corrected chi connectivity index (χ3v) is 3.84. The summed E-state index contributed by atoms with van der Waals surface area (Å²) in [5.74, 6) is 1.12. The third-order valence-electron chi connectivity index (χ3n) is 3.84. The number of aryl methyl sites for hydroxylation is 1. The van der Waals surface area contributed by atoms with Crippen LogP contribution in [0.2, 0.25) is 0 Å². The molecule has 20 heavy (non-hydrogen) atoms. The molecular weight excluding hydrogens is 252 g/mol. The van der Waals surface area contributed by atoms with Gasteiger partial charge in [-0.3, -0.25) is 4.79 Å². The van der Waals surface area contributed by atoms with Crippen molar-refractivity contribution in [3.05, 3.63) is 29.8 Å². The Morgan fingerprint density at radius 1 is 1.40 bits per heavy atom. The van der Waals surface area contributed by atoms with Gasteiger partial charge in [0.05, 0.1) is 6.61 Å². The number of likely N-dealkylation sites (N-methyl/N-ethyl adjacent to an activating group) is 1. The second kappa shape index (κ2) is 7.29. The van der Waals surface area contributed by atoms with Crippen molar-refractivity contribution in [3.63, 3.8) is 0 Å². The molecule has 1 saturated heterocycles. The Labute approximate surface area is 121 Å². The second-order valence-electron chi connectivity index (χ2n) is 5.23. The molecule has 0 aliphatic carbocycles. The van der Waals surface area contributed by atoms with Crippen molar-refractivity contribution in [2.45, 2.75) is 32.2 Å². The normalized spacial score (nSPS) is 18.0. The van der Waals surface area contributed by atoms with Crippen LogP contribution in [0.4, 0.5) is 0 Å². The zero-order valence-corrected chi connectivity index (χ0v) is 12.4. The van der Waals surface area contributed by atoms with Gasteiger partial charge >= 0.3 is 0 Å². The predicted octanol–water partition coefficient (Wildman–Crippen LogP) is 1.84. The van der Waals surface area contributed by atoms with E-state index < -0.39 is 0 Å². The molecule has 1 atom stereocenters. The fourth-order valence-corrected chi connectivity index (χ4v) is 2.52. The molecule has 1 aromatic carbocycles. The SMILES string of the molecule is CCOc1ccc(CCC(=O)N(C)C2CCNC2)cc1. The highest BCUT2D eigenvalue weighted by Gasteiger charge is 2.22. The van der Waals surface area contributed by atoms with Crippen LogP contribution in [0.15, 0.2) is 24.3 Å². The molecule has 2 rings (SSSR count). The number of hydrogen-bond donors (Lipinski definition) is 1. The van der Waals surface area contributed by atoms with Gasteiger partial charge in [0, 0.05) is 26.1 Å². The number of carbonyl (C=O) groups excluding carboxylic acids is 1. The Morgan fingerprint density at radius 2 is 2.15 bits per heavy atom. The van der Waals surface area contributed by atoms with Crippen LogP contribution in [-0.2, 0) is 11.2 Å². The van der Waals surface area contributed by atoms with Gasteiger partial charge in [-0.2, -0.15) is 0 Å². The molecule has 4 heteroatoms. The first kappa shape index (κ1) is 14.9. The molecule has 0 radical (unpaired) electrons. The molecule has 0 aromatic heterocycles. The average Bonchev–Trinajstić information content (AvgIpc) is 3.00. The summed E-state index contributed by atoms with van der Waals surface area (Å²) in [5, 5.41) is 3.29. The first-order chi connectivity index (χ1) is 9.70. The number of hydrogen-bond acceptors (Lipinski definition) is 3. The molecule has 1 aromatic rings. The standard InChI is InChI=1S/C16H24N2O2/c1-3-20-15-7-4-13(5-8-15)6-9-16(19)18(2)14-10-11-17-12-14/h4-5,7-8,14,17H,3,6,9-12H2,1-2H3. The average molecular weight is 276 g/mol. The maximum absolute atomic E-state index is 12.1. The number of nitrogens with one attached hydrogen (secondary N) is 1. The lowest BCUT2D eigenvalue weighted by molar-refractivity contribution is -0.131. The summed E-state index contributed by atoms with van der Waals surface area (Å²) in [4.78, 5) is 14.0. The summed E-state index contributed by atoms with van der Waals surface area (Å²) >= 11 is 0. The molecular formula is C16H24N2O2. The van der Waals surface area contributed by atoms with E-state index in [1.807, 2.05) is 43.1 Å². The van der Waals surface area contributed by atoms with Gasteiger partial charge in [0.15, 0.2) is 0 Å². The molecule has 110 valence electrons. The van der Waals surface area contributed by atoms with E-state index in [2.05, 4.69) is 5.32 Å². The van der Waals surface area contributed by atoms with Crippen LogP contribution in [-0.4, -0.2) is 43.6 Å². The Balaban J connectivity index is 1.80. The van der Waals surface area contributed by atoms with E-state index in [0.29, 0.717) is 19.1 Å². The first-order valence-electron chi connectivity index (χ1n) is 7.39. The summed E-state index contributed by atoms with van der Waals surface area (Å²) in [6.07, 6.45) is 2.42. The van der Waals surface area contributed by atoms with Crippen molar-refractivity contribution >= 4 is 5.91 Å². The predicted molar refractivity (Wildman–Crippen MR) is 80.0 cm³/mol. The number of carbonyl (C=O) groups is 1. The lowest BCUT2D eigenvalue weighted by Gasteiger charge is -2.23. The van der Waals surface area contributed by atoms with Crippen LogP contribution in [0.1, 0.15) is 25.3 Å².